The van der Waals surface area contributed by atoms with E-state index in [-0.39, 0.29) is 0 Å². The molecule has 0 fully saturated rings. The molecule has 0 aromatic carbocycles. The SMILES string of the molecule is CCCOCCCNc1ncnc(NN)c1C(C)C. The van der Waals surface area contributed by atoms with Gasteiger partial charge in [0, 0.05) is 25.3 Å². The zero-order chi connectivity index (χ0) is 14.1. The van der Waals surface area contributed by atoms with Crippen LogP contribution in [0.3, 0.4) is 0 Å². The number of aromatic nitrogens is 2. The highest BCUT2D eigenvalue weighted by atomic mass is 16.5. The van der Waals surface area contributed by atoms with Crippen LogP contribution in [-0.2, 0) is 4.74 Å². The van der Waals surface area contributed by atoms with E-state index in [9.17, 15) is 0 Å². The first-order valence-corrected chi connectivity index (χ1v) is 6.83. The first kappa shape index (κ1) is 15.7. The Bertz CT molecular complexity index is 370. The maximum Gasteiger partial charge on any atom is 0.148 e. The lowest BCUT2D eigenvalue weighted by atomic mass is 10.0. The van der Waals surface area contributed by atoms with Crippen molar-refractivity contribution >= 4 is 11.6 Å². The monoisotopic (exact) mass is 267 g/mol. The number of anilines is 2. The number of rotatable bonds is 9. The highest BCUT2D eigenvalue weighted by Gasteiger charge is 2.13. The van der Waals surface area contributed by atoms with Crippen molar-refractivity contribution < 1.29 is 4.74 Å². The summed E-state index contributed by atoms with van der Waals surface area (Å²) in [6.07, 6.45) is 3.52. The standard InChI is InChI=1S/C13H25N5O/c1-4-7-19-8-5-6-15-12-11(10(2)3)13(18-14)17-9-16-12/h9-10H,4-8,14H2,1-3H3,(H2,15,16,17,18). The summed E-state index contributed by atoms with van der Waals surface area (Å²) in [4.78, 5) is 8.42. The van der Waals surface area contributed by atoms with E-state index < -0.39 is 0 Å². The number of hydrogen-bond acceptors (Lipinski definition) is 6. The zero-order valence-electron chi connectivity index (χ0n) is 12.1. The number of ether oxygens (including phenoxy) is 1. The van der Waals surface area contributed by atoms with E-state index in [1.807, 2.05) is 0 Å². The van der Waals surface area contributed by atoms with Crippen LogP contribution in [0.2, 0.25) is 0 Å². The fourth-order valence-corrected chi connectivity index (χ4v) is 1.83. The molecule has 0 aliphatic heterocycles. The number of nitrogens with zero attached hydrogens (tertiary/aromatic N) is 2. The summed E-state index contributed by atoms with van der Waals surface area (Å²) >= 11 is 0. The van der Waals surface area contributed by atoms with Gasteiger partial charge in [-0.2, -0.15) is 0 Å². The highest BCUT2D eigenvalue weighted by Crippen LogP contribution is 2.27. The lowest BCUT2D eigenvalue weighted by Gasteiger charge is -2.16. The Morgan fingerprint density at radius 1 is 1.26 bits per heavy atom. The van der Waals surface area contributed by atoms with E-state index in [4.69, 9.17) is 10.6 Å². The molecule has 19 heavy (non-hydrogen) atoms. The summed E-state index contributed by atoms with van der Waals surface area (Å²) in [5, 5.41) is 3.32. The van der Waals surface area contributed by atoms with Gasteiger partial charge in [0.25, 0.3) is 0 Å². The largest absolute Gasteiger partial charge is 0.381 e. The van der Waals surface area contributed by atoms with Gasteiger partial charge in [-0.15, -0.1) is 0 Å². The molecular formula is C13H25N5O. The Morgan fingerprint density at radius 2 is 2.00 bits per heavy atom. The number of nitrogen functional groups attached to an aromatic ring is 1. The van der Waals surface area contributed by atoms with Gasteiger partial charge >= 0.3 is 0 Å². The van der Waals surface area contributed by atoms with Crippen LogP contribution in [0.15, 0.2) is 6.33 Å². The zero-order valence-corrected chi connectivity index (χ0v) is 12.1. The summed E-state index contributed by atoms with van der Waals surface area (Å²) in [5.74, 6) is 7.29. The van der Waals surface area contributed by atoms with Gasteiger partial charge in [0.05, 0.1) is 0 Å². The van der Waals surface area contributed by atoms with Crippen LogP contribution in [0, 0.1) is 0 Å². The predicted octanol–water partition coefficient (Wildman–Crippen LogP) is 2.11. The van der Waals surface area contributed by atoms with E-state index in [0.29, 0.717) is 11.7 Å². The molecule has 0 saturated heterocycles. The highest BCUT2D eigenvalue weighted by molar-refractivity contribution is 5.58. The van der Waals surface area contributed by atoms with Crippen LogP contribution >= 0.6 is 0 Å². The molecule has 6 nitrogen and oxygen atoms in total. The minimum atomic E-state index is 0.297. The molecule has 4 N–H and O–H groups in total. The summed E-state index contributed by atoms with van der Waals surface area (Å²) in [5.41, 5.74) is 3.63. The molecule has 0 bridgehead atoms. The van der Waals surface area contributed by atoms with Gasteiger partial charge in [0.1, 0.15) is 18.0 Å². The Labute approximate surface area is 115 Å². The van der Waals surface area contributed by atoms with Crippen molar-refractivity contribution in [2.45, 2.75) is 39.5 Å². The quantitative estimate of drug-likeness (QED) is 0.361. The average Bonchev–Trinajstić information content (AvgIpc) is 2.42. The molecule has 0 atom stereocenters. The third kappa shape index (κ3) is 5.00. The van der Waals surface area contributed by atoms with Crippen molar-refractivity contribution in [1.82, 2.24) is 9.97 Å². The Morgan fingerprint density at radius 3 is 2.63 bits per heavy atom. The number of hydrogen-bond donors (Lipinski definition) is 3. The predicted molar refractivity (Wildman–Crippen MR) is 78.1 cm³/mol. The first-order valence-electron chi connectivity index (χ1n) is 6.83. The topological polar surface area (TPSA) is 85.1 Å². The van der Waals surface area contributed by atoms with Crippen molar-refractivity contribution in [3.05, 3.63) is 11.9 Å². The summed E-state index contributed by atoms with van der Waals surface area (Å²) in [6.45, 7) is 8.71. The smallest absolute Gasteiger partial charge is 0.148 e. The van der Waals surface area contributed by atoms with E-state index in [2.05, 4.69) is 41.5 Å². The van der Waals surface area contributed by atoms with Gasteiger partial charge in [-0.25, -0.2) is 15.8 Å². The van der Waals surface area contributed by atoms with Crippen molar-refractivity contribution in [1.29, 1.82) is 0 Å². The van der Waals surface area contributed by atoms with Crippen LogP contribution in [0.25, 0.3) is 0 Å². The Balaban J connectivity index is 2.53. The molecule has 1 rings (SSSR count). The maximum absolute atomic E-state index is 5.48. The van der Waals surface area contributed by atoms with Crippen molar-refractivity contribution in [3.8, 4) is 0 Å². The average molecular weight is 267 g/mol. The minimum Gasteiger partial charge on any atom is -0.381 e. The molecule has 0 radical (unpaired) electrons. The van der Waals surface area contributed by atoms with E-state index in [0.717, 1.165) is 44.0 Å². The summed E-state index contributed by atoms with van der Waals surface area (Å²) in [6, 6.07) is 0. The normalized spacial score (nSPS) is 10.8. The second-order valence-electron chi connectivity index (χ2n) is 4.68. The Hall–Kier alpha value is -1.40. The van der Waals surface area contributed by atoms with Crippen LogP contribution < -0.4 is 16.6 Å². The first-order chi connectivity index (χ1) is 9.20. The van der Waals surface area contributed by atoms with Gasteiger partial charge in [-0.05, 0) is 18.8 Å². The molecule has 6 heteroatoms. The van der Waals surface area contributed by atoms with Gasteiger partial charge in [0.15, 0.2) is 0 Å². The van der Waals surface area contributed by atoms with Crippen molar-refractivity contribution in [2.24, 2.45) is 5.84 Å². The molecular weight excluding hydrogens is 242 g/mol. The maximum atomic E-state index is 5.48. The van der Waals surface area contributed by atoms with Crippen molar-refractivity contribution in [3.63, 3.8) is 0 Å². The van der Waals surface area contributed by atoms with Crippen LogP contribution in [0.5, 0.6) is 0 Å². The fourth-order valence-electron chi connectivity index (χ4n) is 1.83. The number of nitrogens with two attached hydrogens (primary N) is 1. The lowest BCUT2D eigenvalue weighted by Crippen LogP contribution is -2.16. The van der Waals surface area contributed by atoms with Gasteiger partial charge in [-0.3, -0.25) is 0 Å². The second-order valence-corrected chi connectivity index (χ2v) is 4.68. The molecule has 1 heterocycles. The number of nitrogens with one attached hydrogen (secondary N) is 2. The minimum absolute atomic E-state index is 0.297. The third-order valence-corrected chi connectivity index (χ3v) is 2.70. The second kappa shape index (κ2) is 8.66. The lowest BCUT2D eigenvalue weighted by molar-refractivity contribution is 0.134. The summed E-state index contributed by atoms with van der Waals surface area (Å²) < 4.78 is 5.44. The molecule has 0 aliphatic carbocycles. The Kier molecular flexibility index (Phi) is 7.14. The molecule has 1 aromatic heterocycles. The molecule has 0 amide bonds. The summed E-state index contributed by atoms with van der Waals surface area (Å²) in [7, 11) is 0. The van der Waals surface area contributed by atoms with Crippen molar-refractivity contribution in [2.75, 3.05) is 30.5 Å². The van der Waals surface area contributed by atoms with Gasteiger partial charge < -0.3 is 15.5 Å². The van der Waals surface area contributed by atoms with E-state index in [1.54, 1.807) is 0 Å². The van der Waals surface area contributed by atoms with Gasteiger partial charge in [-0.1, -0.05) is 20.8 Å². The van der Waals surface area contributed by atoms with E-state index >= 15 is 0 Å². The molecule has 0 saturated carbocycles. The van der Waals surface area contributed by atoms with E-state index in [1.165, 1.54) is 6.33 Å². The molecule has 0 unspecified atom stereocenters. The molecule has 108 valence electrons. The third-order valence-electron chi connectivity index (χ3n) is 2.70. The molecule has 0 spiro atoms. The molecule has 0 aliphatic rings. The van der Waals surface area contributed by atoms with Crippen LogP contribution in [-0.4, -0.2) is 29.7 Å². The van der Waals surface area contributed by atoms with Crippen LogP contribution in [0.4, 0.5) is 11.6 Å². The number of hydrazine groups is 1. The molecule has 1 aromatic rings. The van der Waals surface area contributed by atoms with Crippen LogP contribution in [0.1, 0.15) is 45.1 Å². The fraction of sp³-hybridized carbons (Fsp3) is 0.692. The van der Waals surface area contributed by atoms with Gasteiger partial charge in [0.2, 0.25) is 0 Å².